The third-order valence-corrected chi connectivity index (χ3v) is 4.22. The van der Waals surface area contributed by atoms with Gasteiger partial charge in [-0.05, 0) is 54.4 Å². The zero-order valence-corrected chi connectivity index (χ0v) is 15.9. The van der Waals surface area contributed by atoms with Gasteiger partial charge in [-0.3, -0.25) is 9.59 Å². The van der Waals surface area contributed by atoms with Crippen LogP contribution in [-0.2, 0) is 14.3 Å². The van der Waals surface area contributed by atoms with Crippen LogP contribution in [0, 0.1) is 11.2 Å². The molecule has 0 aromatic heterocycles. The summed E-state index contributed by atoms with van der Waals surface area (Å²) in [4.78, 5) is 24.4. The molecule has 0 spiro atoms. The van der Waals surface area contributed by atoms with Crippen LogP contribution in [0.2, 0.25) is 0 Å². The average Bonchev–Trinajstić information content (AvgIpc) is 2.52. The lowest BCUT2D eigenvalue weighted by molar-refractivity contribution is -0.164. The van der Waals surface area contributed by atoms with Crippen LogP contribution < -0.4 is 4.74 Å². The van der Waals surface area contributed by atoms with Crippen LogP contribution in [0.5, 0.6) is 5.75 Å². The summed E-state index contributed by atoms with van der Waals surface area (Å²) in [5.41, 5.74) is -1.43. The minimum absolute atomic E-state index is 0.154. The average molecular weight is 403 g/mol. The number of hydrogen-bond acceptors (Lipinski definition) is 4. The largest absolute Gasteiger partial charge is 0.465 e. The highest BCUT2D eigenvalue weighted by atomic mass is 79.9. The van der Waals surface area contributed by atoms with E-state index in [9.17, 15) is 14.0 Å². The van der Waals surface area contributed by atoms with E-state index in [1.165, 1.54) is 32.0 Å². The van der Waals surface area contributed by atoms with Gasteiger partial charge in [0.1, 0.15) is 11.6 Å². The van der Waals surface area contributed by atoms with Crippen LogP contribution >= 0.6 is 15.9 Å². The van der Waals surface area contributed by atoms with Crippen molar-refractivity contribution in [2.45, 2.75) is 52.9 Å². The van der Waals surface area contributed by atoms with Crippen LogP contribution in [-0.4, -0.2) is 18.5 Å². The number of carbonyl (C=O) groups is 2. The second-order valence-electron chi connectivity index (χ2n) is 6.14. The quantitative estimate of drug-likeness (QED) is 0.251. The molecule has 0 radical (unpaired) electrons. The van der Waals surface area contributed by atoms with E-state index in [0.717, 1.165) is 32.1 Å². The van der Waals surface area contributed by atoms with Gasteiger partial charge in [0.15, 0.2) is 5.41 Å². The van der Waals surface area contributed by atoms with Gasteiger partial charge in [0.2, 0.25) is 0 Å². The Morgan fingerprint density at radius 1 is 1.12 bits per heavy atom. The van der Waals surface area contributed by atoms with Gasteiger partial charge < -0.3 is 9.47 Å². The van der Waals surface area contributed by atoms with Crippen molar-refractivity contribution in [2.75, 3.05) is 6.61 Å². The molecule has 0 amide bonds. The zero-order chi connectivity index (χ0) is 18.2. The molecule has 0 aliphatic heterocycles. The molecule has 0 aliphatic carbocycles. The third-order valence-electron chi connectivity index (χ3n) is 3.60. The van der Waals surface area contributed by atoms with Crippen molar-refractivity contribution >= 4 is 27.9 Å². The molecule has 0 saturated heterocycles. The number of hydrogen-bond donors (Lipinski definition) is 0. The molecule has 0 aliphatic rings. The van der Waals surface area contributed by atoms with E-state index in [4.69, 9.17) is 9.47 Å². The van der Waals surface area contributed by atoms with Gasteiger partial charge in [0, 0.05) is 0 Å². The van der Waals surface area contributed by atoms with Crippen molar-refractivity contribution in [1.82, 2.24) is 0 Å². The smallest absolute Gasteiger partial charge is 0.328 e. The Morgan fingerprint density at radius 3 is 2.42 bits per heavy atom. The summed E-state index contributed by atoms with van der Waals surface area (Å²) in [5, 5.41) is 0. The number of rotatable bonds is 9. The fourth-order valence-electron chi connectivity index (χ4n) is 1.92. The number of carbonyl (C=O) groups excluding carboxylic acids is 2. The second-order valence-corrected chi connectivity index (χ2v) is 6.99. The first-order valence-corrected chi connectivity index (χ1v) is 8.93. The molecule has 1 aromatic carbocycles. The monoisotopic (exact) mass is 402 g/mol. The minimum Gasteiger partial charge on any atom is -0.465 e. The second kappa shape index (κ2) is 9.77. The number of benzene rings is 1. The summed E-state index contributed by atoms with van der Waals surface area (Å²) in [5.74, 6) is -1.67. The SMILES string of the molecule is CCCCCCCOC(=O)C(C)(C)C(=O)Oc1ccc(F)cc1Br. The van der Waals surface area contributed by atoms with Gasteiger partial charge >= 0.3 is 11.9 Å². The molecule has 4 nitrogen and oxygen atoms in total. The molecule has 0 unspecified atom stereocenters. The molecule has 0 bridgehead atoms. The van der Waals surface area contributed by atoms with E-state index < -0.39 is 23.2 Å². The highest BCUT2D eigenvalue weighted by molar-refractivity contribution is 9.10. The molecule has 0 heterocycles. The molecule has 24 heavy (non-hydrogen) atoms. The Balaban J connectivity index is 2.53. The fraction of sp³-hybridized carbons (Fsp3) is 0.556. The molecule has 134 valence electrons. The molecule has 0 atom stereocenters. The van der Waals surface area contributed by atoms with Gasteiger partial charge in [-0.25, -0.2) is 4.39 Å². The van der Waals surface area contributed by atoms with Crippen molar-refractivity contribution in [3.63, 3.8) is 0 Å². The maximum atomic E-state index is 13.1. The van der Waals surface area contributed by atoms with Crippen LogP contribution in [0.25, 0.3) is 0 Å². The van der Waals surface area contributed by atoms with Crippen LogP contribution in [0.3, 0.4) is 0 Å². The summed E-state index contributed by atoms with van der Waals surface area (Å²) in [6.45, 7) is 5.32. The molecular formula is C18H24BrFO4. The standard InChI is InChI=1S/C18H24BrFO4/c1-4-5-6-7-8-11-23-16(21)18(2,3)17(22)24-15-10-9-13(20)12-14(15)19/h9-10,12H,4-8,11H2,1-3H3. The summed E-state index contributed by atoms with van der Waals surface area (Å²) in [6.07, 6.45) is 5.20. The Bertz CT molecular complexity index is 572. The first-order chi connectivity index (χ1) is 11.3. The Kier molecular flexibility index (Phi) is 8.39. The molecule has 0 saturated carbocycles. The molecule has 0 fully saturated rings. The molecule has 1 aromatic rings. The normalized spacial score (nSPS) is 11.2. The molecule has 1 rings (SSSR count). The van der Waals surface area contributed by atoms with E-state index >= 15 is 0 Å². The van der Waals surface area contributed by atoms with Gasteiger partial charge in [-0.2, -0.15) is 0 Å². The number of halogens is 2. The van der Waals surface area contributed by atoms with Crippen molar-refractivity contribution in [3.8, 4) is 5.75 Å². The lowest BCUT2D eigenvalue weighted by Crippen LogP contribution is -2.38. The Hall–Kier alpha value is -1.43. The maximum Gasteiger partial charge on any atom is 0.328 e. The summed E-state index contributed by atoms with van der Waals surface area (Å²) in [6, 6.07) is 3.69. The van der Waals surface area contributed by atoms with Gasteiger partial charge in [-0.15, -0.1) is 0 Å². The van der Waals surface area contributed by atoms with Crippen LogP contribution in [0.15, 0.2) is 22.7 Å². The summed E-state index contributed by atoms with van der Waals surface area (Å²) in [7, 11) is 0. The lowest BCUT2D eigenvalue weighted by atomic mass is 9.94. The van der Waals surface area contributed by atoms with Crippen LogP contribution in [0.4, 0.5) is 4.39 Å². The van der Waals surface area contributed by atoms with Crippen LogP contribution in [0.1, 0.15) is 52.9 Å². The zero-order valence-electron chi connectivity index (χ0n) is 14.4. The van der Waals surface area contributed by atoms with Crippen molar-refractivity contribution in [2.24, 2.45) is 5.41 Å². The Labute approximate surface area is 150 Å². The number of unbranched alkanes of at least 4 members (excludes halogenated alkanes) is 4. The minimum atomic E-state index is -1.43. The molecular weight excluding hydrogens is 379 g/mol. The highest BCUT2D eigenvalue weighted by Gasteiger charge is 2.40. The van der Waals surface area contributed by atoms with Gasteiger partial charge in [0.05, 0.1) is 11.1 Å². The third kappa shape index (κ3) is 6.23. The lowest BCUT2D eigenvalue weighted by Gasteiger charge is -2.21. The van der Waals surface area contributed by atoms with E-state index in [-0.39, 0.29) is 5.75 Å². The highest BCUT2D eigenvalue weighted by Crippen LogP contribution is 2.28. The maximum absolute atomic E-state index is 13.1. The fourth-order valence-corrected chi connectivity index (χ4v) is 2.35. The number of ether oxygens (including phenoxy) is 2. The topological polar surface area (TPSA) is 52.6 Å². The van der Waals surface area contributed by atoms with E-state index in [2.05, 4.69) is 22.9 Å². The van der Waals surface area contributed by atoms with E-state index in [0.29, 0.717) is 11.1 Å². The van der Waals surface area contributed by atoms with Gasteiger partial charge in [0.25, 0.3) is 0 Å². The Morgan fingerprint density at radius 2 is 1.79 bits per heavy atom. The summed E-state index contributed by atoms with van der Waals surface area (Å²) >= 11 is 3.12. The predicted molar refractivity (Wildman–Crippen MR) is 93.2 cm³/mol. The number of esters is 2. The predicted octanol–water partition coefficient (Wildman–Crippen LogP) is 5.03. The molecule has 0 N–H and O–H groups in total. The van der Waals surface area contributed by atoms with Crippen molar-refractivity contribution in [1.29, 1.82) is 0 Å². The van der Waals surface area contributed by atoms with Crippen molar-refractivity contribution < 1.29 is 23.5 Å². The van der Waals surface area contributed by atoms with E-state index in [1.807, 2.05) is 0 Å². The first-order valence-electron chi connectivity index (χ1n) is 8.13. The molecule has 6 heteroatoms. The van der Waals surface area contributed by atoms with E-state index in [1.54, 1.807) is 0 Å². The first kappa shape index (κ1) is 20.6. The van der Waals surface area contributed by atoms with Crippen molar-refractivity contribution in [3.05, 3.63) is 28.5 Å². The van der Waals surface area contributed by atoms with Gasteiger partial charge in [-0.1, -0.05) is 32.6 Å². The summed E-state index contributed by atoms with van der Waals surface area (Å²) < 4.78 is 23.7.